The number of hydrogen-bond acceptors (Lipinski definition) is 7. The minimum absolute atomic E-state index is 0.127. The number of anilines is 1. The molecule has 3 aromatic heterocycles. The van der Waals surface area contributed by atoms with Gasteiger partial charge in [-0.2, -0.15) is 5.10 Å². The number of hydrogen-bond donors (Lipinski definition) is 4. The Kier molecular flexibility index (Phi) is 5.86. The van der Waals surface area contributed by atoms with E-state index < -0.39 is 6.23 Å². The van der Waals surface area contributed by atoms with Crippen molar-refractivity contribution >= 4 is 17.0 Å². The third-order valence-corrected chi connectivity index (χ3v) is 5.40. The molecule has 5 aromatic rings. The van der Waals surface area contributed by atoms with E-state index in [4.69, 9.17) is 0 Å². The van der Waals surface area contributed by atoms with Crippen LogP contribution in [0.3, 0.4) is 0 Å². The zero-order valence-electron chi connectivity index (χ0n) is 18.1. The number of aromatic amines is 1. The molecule has 0 spiro atoms. The van der Waals surface area contributed by atoms with Crippen LogP contribution in [0.25, 0.3) is 22.3 Å². The van der Waals surface area contributed by atoms with Gasteiger partial charge in [0.25, 0.3) is 5.56 Å². The van der Waals surface area contributed by atoms with Crippen LogP contribution >= 0.6 is 0 Å². The van der Waals surface area contributed by atoms with Gasteiger partial charge in [0.2, 0.25) is 5.95 Å². The molecule has 0 saturated carbocycles. The van der Waals surface area contributed by atoms with Crippen LogP contribution in [-0.4, -0.2) is 34.9 Å². The minimum Gasteiger partial charge on any atom is -0.392 e. The summed E-state index contributed by atoms with van der Waals surface area (Å²) in [6, 6.07) is 19.8. The molecule has 0 radical (unpaired) electrons. The number of pyridine rings is 1. The Morgan fingerprint density at radius 1 is 1.00 bits per heavy atom. The summed E-state index contributed by atoms with van der Waals surface area (Å²) in [4.78, 5) is 24.1. The first-order valence-electron chi connectivity index (χ1n) is 10.7. The van der Waals surface area contributed by atoms with Crippen LogP contribution < -0.4 is 10.9 Å². The molecule has 3 heterocycles. The lowest BCUT2D eigenvalue weighted by molar-refractivity contribution is 0.207. The first-order valence-corrected chi connectivity index (χ1v) is 10.7. The van der Waals surface area contributed by atoms with Crippen molar-refractivity contribution in [2.24, 2.45) is 0 Å². The summed E-state index contributed by atoms with van der Waals surface area (Å²) in [5, 5.41) is 27.5. The molecule has 0 aliphatic carbocycles. The molecule has 1 atom stereocenters. The molecule has 9 nitrogen and oxygen atoms in total. The highest BCUT2D eigenvalue weighted by Gasteiger charge is 2.12. The van der Waals surface area contributed by atoms with Crippen LogP contribution in [0.2, 0.25) is 0 Å². The van der Waals surface area contributed by atoms with Gasteiger partial charge in [0, 0.05) is 29.6 Å². The molecule has 0 saturated heterocycles. The fraction of sp³-hybridized carbons (Fsp3) is 0.120. The second kappa shape index (κ2) is 9.26. The van der Waals surface area contributed by atoms with Gasteiger partial charge in [0.05, 0.1) is 29.9 Å². The Labute approximate surface area is 194 Å². The summed E-state index contributed by atoms with van der Waals surface area (Å²) in [6.45, 7) is 0.0999. The van der Waals surface area contributed by atoms with E-state index >= 15 is 0 Å². The monoisotopic (exact) mass is 454 g/mol. The molecule has 2 aromatic carbocycles. The smallest absolute Gasteiger partial charge is 0.267 e. The Morgan fingerprint density at radius 3 is 2.74 bits per heavy atom. The van der Waals surface area contributed by atoms with E-state index in [0.717, 1.165) is 16.6 Å². The molecule has 0 bridgehead atoms. The molecule has 9 heteroatoms. The van der Waals surface area contributed by atoms with Crippen molar-refractivity contribution < 1.29 is 10.2 Å². The molecule has 0 fully saturated rings. The maximum Gasteiger partial charge on any atom is 0.267 e. The molecule has 0 aliphatic rings. The number of aromatic nitrogens is 5. The van der Waals surface area contributed by atoms with E-state index in [9.17, 15) is 15.0 Å². The van der Waals surface area contributed by atoms with Crippen molar-refractivity contribution in [2.45, 2.75) is 19.4 Å². The van der Waals surface area contributed by atoms with E-state index in [2.05, 4.69) is 25.4 Å². The number of aliphatic hydroxyl groups is 2. The predicted molar refractivity (Wildman–Crippen MR) is 128 cm³/mol. The van der Waals surface area contributed by atoms with Crippen LogP contribution in [0.5, 0.6) is 0 Å². The van der Waals surface area contributed by atoms with Gasteiger partial charge < -0.3 is 20.5 Å². The zero-order valence-corrected chi connectivity index (χ0v) is 18.1. The highest BCUT2D eigenvalue weighted by molar-refractivity contribution is 5.77. The number of fused-ring (bicyclic) bond motifs is 1. The van der Waals surface area contributed by atoms with Crippen LogP contribution in [0.15, 0.2) is 83.9 Å². The number of H-pyrrole nitrogens is 1. The maximum atomic E-state index is 12.4. The number of aliphatic hydroxyl groups excluding tert-OH is 2. The normalized spacial score (nSPS) is 12.1. The molecule has 1 unspecified atom stereocenters. The minimum atomic E-state index is -0.996. The number of para-hydroxylation sites is 2. The summed E-state index contributed by atoms with van der Waals surface area (Å²) in [7, 11) is 0. The molecular weight excluding hydrogens is 432 g/mol. The van der Waals surface area contributed by atoms with Crippen LogP contribution in [-0.2, 0) is 13.2 Å². The van der Waals surface area contributed by atoms with Crippen molar-refractivity contribution in [1.82, 2.24) is 24.7 Å². The van der Waals surface area contributed by atoms with E-state index in [-0.39, 0.29) is 18.7 Å². The van der Waals surface area contributed by atoms with Crippen molar-refractivity contribution in [1.29, 1.82) is 0 Å². The van der Waals surface area contributed by atoms with Crippen molar-refractivity contribution in [3.63, 3.8) is 0 Å². The lowest BCUT2D eigenvalue weighted by Crippen LogP contribution is -2.23. The molecule has 0 aliphatic heterocycles. The van der Waals surface area contributed by atoms with Gasteiger partial charge in [-0.1, -0.05) is 30.3 Å². The summed E-state index contributed by atoms with van der Waals surface area (Å²) >= 11 is 0. The summed E-state index contributed by atoms with van der Waals surface area (Å²) in [6.07, 6.45) is 2.22. The molecular formula is C25H22N6O3. The molecule has 34 heavy (non-hydrogen) atoms. The number of imidazole rings is 1. The Hall–Kier alpha value is -4.34. The Balaban J connectivity index is 1.36. The van der Waals surface area contributed by atoms with Crippen molar-refractivity contribution in [3.05, 3.63) is 106 Å². The Bertz CT molecular complexity index is 1480. The largest absolute Gasteiger partial charge is 0.392 e. The average Bonchev–Trinajstić information content (AvgIpc) is 3.28. The van der Waals surface area contributed by atoms with Gasteiger partial charge in [-0.3, -0.25) is 9.78 Å². The second-order valence-electron chi connectivity index (χ2n) is 7.85. The highest BCUT2D eigenvalue weighted by atomic mass is 16.3. The van der Waals surface area contributed by atoms with Gasteiger partial charge in [0.1, 0.15) is 0 Å². The van der Waals surface area contributed by atoms with Gasteiger partial charge in [-0.25, -0.2) is 9.67 Å². The van der Waals surface area contributed by atoms with Crippen molar-refractivity contribution in [3.8, 4) is 11.3 Å². The van der Waals surface area contributed by atoms with Crippen LogP contribution in [0, 0.1) is 0 Å². The van der Waals surface area contributed by atoms with Gasteiger partial charge in [-0.15, -0.1) is 0 Å². The second-order valence-corrected chi connectivity index (χ2v) is 7.85. The fourth-order valence-electron chi connectivity index (χ4n) is 3.70. The van der Waals surface area contributed by atoms with E-state index in [1.807, 2.05) is 42.5 Å². The number of nitrogens with zero attached hydrogens (tertiary/aromatic N) is 4. The highest BCUT2D eigenvalue weighted by Crippen LogP contribution is 2.20. The standard InChI is InChI=1S/C25H22N6O3/c32-15-17-11-19(13-26-12-17)20-8-9-23(33)31(30-20)14-16-4-3-5-18(10-16)24(34)29-25-27-21-6-1-2-7-22(21)28-25/h1-13,24,32,34H,14-15H2,(H2,27,28,29). The van der Waals surface area contributed by atoms with Crippen LogP contribution in [0.4, 0.5) is 5.95 Å². The third-order valence-electron chi connectivity index (χ3n) is 5.40. The lowest BCUT2D eigenvalue weighted by atomic mass is 10.1. The molecule has 170 valence electrons. The summed E-state index contributed by atoms with van der Waals surface area (Å²) < 4.78 is 1.36. The van der Waals surface area contributed by atoms with Gasteiger partial charge in [-0.05, 0) is 41.5 Å². The van der Waals surface area contributed by atoms with Crippen molar-refractivity contribution in [2.75, 3.05) is 5.32 Å². The van der Waals surface area contributed by atoms with Crippen LogP contribution in [0.1, 0.15) is 22.9 Å². The number of rotatable bonds is 7. The number of benzene rings is 2. The van der Waals surface area contributed by atoms with E-state index in [0.29, 0.717) is 28.3 Å². The topological polar surface area (TPSA) is 129 Å². The average molecular weight is 454 g/mol. The third kappa shape index (κ3) is 4.56. The quantitative estimate of drug-likeness (QED) is 0.278. The maximum absolute atomic E-state index is 12.4. The molecule has 0 amide bonds. The Morgan fingerprint density at radius 2 is 1.88 bits per heavy atom. The first-order chi connectivity index (χ1) is 16.6. The van der Waals surface area contributed by atoms with E-state index in [1.54, 1.807) is 30.6 Å². The summed E-state index contributed by atoms with van der Waals surface area (Å²) in [5.41, 5.74) is 4.80. The predicted octanol–water partition coefficient (Wildman–Crippen LogP) is 2.83. The molecule has 5 rings (SSSR count). The SMILES string of the molecule is O=c1ccc(-c2cncc(CO)c2)nn1Cc1cccc(C(O)Nc2nc3ccccc3[nH]2)c1. The first kappa shape index (κ1) is 21.5. The van der Waals surface area contributed by atoms with Gasteiger partial charge >= 0.3 is 0 Å². The zero-order chi connectivity index (χ0) is 23.5. The summed E-state index contributed by atoms with van der Waals surface area (Å²) in [5.74, 6) is 0.461. The number of nitrogens with one attached hydrogen (secondary N) is 2. The van der Waals surface area contributed by atoms with E-state index in [1.165, 1.54) is 10.7 Å². The fourth-order valence-corrected chi connectivity index (χ4v) is 3.70. The lowest BCUT2D eigenvalue weighted by Gasteiger charge is -2.14. The molecule has 4 N–H and O–H groups in total. The van der Waals surface area contributed by atoms with Gasteiger partial charge in [0.15, 0.2) is 6.23 Å².